The Balaban J connectivity index is 1.80. The molecule has 1 atom stereocenters. The molecule has 3 rings (SSSR count). The van der Waals surface area contributed by atoms with Crippen LogP contribution in [0.3, 0.4) is 0 Å². The summed E-state index contributed by atoms with van der Waals surface area (Å²) < 4.78 is 5.32. The molecule has 118 valence electrons. The number of H-pyrrole nitrogens is 1. The molecule has 1 amide bonds. The normalized spacial score (nSPS) is 17.3. The van der Waals surface area contributed by atoms with E-state index >= 15 is 0 Å². The number of hydrogen-bond donors (Lipinski definition) is 3. The van der Waals surface area contributed by atoms with E-state index in [0.717, 1.165) is 36.9 Å². The van der Waals surface area contributed by atoms with E-state index in [-0.39, 0.29) is 11.8 Å². The number of aromatic amines is 1. The van der Waals surface area contributed by atoms with Crippen LogP contribution in [0.5, 0.6) is 5.75 Å². The molecule has 0 radical (unpaired) electrons. The Morgan fingerprint density at radius 2 is 2.36 bits per heavy atom. The molecule has 5 heteroatoms. The van der Waals surface area contributed by atoms with Gasteiger partial charge in [-0.25, -0.2) is 0 Å². The Morgan fingerprint density at radius 1 is 1.50 bits per heavy atom. The van der Waals surface area contributed by atoms with Crippen molar-refractivity contribution in [3.63, 3.8) is 0 Å². The lowest BCUT2D eigenvalue weighted by molar-refractivity contribution is -0.125. The highest BCUT2D eigenvalue weighted by molar-refractivity contribution is 5.88. The van der Waals surface area contributed by atoms with Crippen LogP contribution in [0.25, 0.3) is 10.9 Å². The average molecular weight is 301 g/mol. The lowest BCUT2D eigenvalue weighted by Crippen LogP contribution is -2.35. The third-order valence-electron chi connectivity index (χ3n) is 4.45. The lowest BCUT2D eigenvalue weighted by Gasteiger charge is -2.21. The van der Waals surface area contributed by atoms with E-state index in [0.29, 0.717) is 13.1 Å². The SMILES string of the molecule is COc1ccc2[nH]c3c(c2c1)CC(C(=O)NCCCN)CC3. The molecular formula is C17H23N3O2. The van der Waals surface area contributed by atoms with E-state index in [1.165, 1.54) is 16.6 Å². The second kappa shape index (κ2) is 6.40. The number of carbonyl (C=O) groups is 1. The number of amides is 1. The van der Waals surface area contributed by atoms with Crippen molar-refractivity contribution in [1.82, 2.24) is 10.3 Å². The van der Waals surface area contributed by atoms with Crippen molar-refractivity contribution in [1.29, 1.82) is 0 Å². The highest BCUT2D eigenvalue weighted by Crippen LogP contribution is 2.33. The number of fused-ring (bicyclic) bond motifs is 3. The van der Waals surface area contributed by atoms with E-state index in [1.807, 2.05) is 12.1 Å². The summed E-state index contributed by atoms with van der Waals surface area (Å²) in [4.78, 5) is 15.8. The standard InChI is InChI=1S/C17H23N3O2/c1-22-12-4-6-16-14(10-12)13-9-11(3-5-15(13)20-16)17(21)19-8-2-7-18/h4,6,10-11,20H,2-3,5,7-9,18H2,1H3,(H,19,21). The number of nitrogens with two attached hydrogens (primary N) is 1. The number of aromatic nitrogens is 1. The van der Waals surface area contributed by atoms with Crippen LogP contribution in [-0.2, 0) is 17.6 Å². The first-order valence-electron chi connectivity index (χ1n) is 7.88. The third kappa shape index (κ3) is 2.81. The molecule has 2 aromatic rings. The van der Waals surface area contributed by atoms with Gasteiger partial charge in [-0.3, -0.25) is 4.79 Å². The van der Waals surface area contributed by atoms with Crippen LogP contribution >= 0.6 is 0 Å². The Morgan fingerprint density at radius 3 is 3.14 bits per heavy atom. The highest BCUT2D eigenvalue weighted by Gasteiger charge is 2.27. The zero-order chi connectivity index (χ0) is 15.5. The van der Waals surface area contributed by atoms with E-state index in [2.05, 4.69) is 16.4 Å². The smallest absolute Gasteiger partial charge is 0.223 e. The minimum Gasteiger partial charge on any atom is -0.497 e. The van der Waals surface area contributed by atoms with Crippen molar-refractivity contribution in [3.8, 4) is 5.75 Å². The zero-order valence-corrected chi connectivity index (χ0v) is 12.9. The number of aryl methyl sites for hydroxylation is 1. The Kier molecular flexibility index (Phi) is 4.34. The molecule has 22 heavy (non-hydrogen) atoms. The highest BCUT2D eigenvalue weighted by atomic mass is 16.5. The monoisotopic (exact) mass is 301 g/mol. The maximum absolute atomic E-state index is 12.3. The van der Waals surface area contributed by atoms with Crippen LogP contribution in [-0.4, -0.2) is 31.1 Å². The van der Waals surface area contributed by atoms with Gasteiger partial charge in [-0.1, -0.05) is 0 Å². The van der Waals surface area contributed by atoms with Gasteiger partial charge in [-0.05, 0) is 56.0 Å². The Labute approximate surface area is 130 Å². The molecule has 1 aromatic carbocycles. The van der Waals surface area contributed by atoms with Crippen molar-refractivity contribution < 1.29 is 9.53 Å². The maximum Gasteiger partial charge on any atom is 0.223 e. The quantitative estimate of drug-likeness (QED) is 0.736. The molecule has 4 N–H and O–H groups in total. The van der Waals surface area contributed by atoms with E-state index in [4.69, 9.17) is 10.5 Å². The summed E-state index contributed by atoms with van der Waals surface area (Å²) in [6.45, 7) is 1.28. The van der Waals surface area contributed by atoms with Crippen molar-refractivity contribution in [2.24, 2.45) is 11.7 Å². The van der Waals surface area contributed by atoms with Crippen molar-refractivity contribution >= 4 is 16.8 Å². The molecule has 1 aliphatic rings. The zero-order valence-electron chi connectivity index (χ0n) is 12.9. The van der Waals surface area contributed by atoms with Crippen LogP contribution in [0.1, 0.15) is 24.1 Å². The maximum atomic E-state index is 12.3. The van der Waals surface area contributed by atoms with Gasteiger partial charge in [0.15, 0.2) is 0 Å². The van der Waals surface area contributed by atoms with Gasteiger partial charge in [-0.2, -0.15) is 0 Å². The average Bonchev–Trinajstić information content (AvgIpc) is 2.91. The number of ether oxygens (including phenoxy) is 1. The summed E-state index contributed by atoms with van der Waals surface area (Å²) in [5.41, 5.74) is 9.11. The fraction of sp³-hybridized carbons (Fsp3) is 0.471. The van der Waals surface area contributed by atoms with Crippen molar-refractivity contribution in [2.45, 2.75) is 25.7 Å². The largest absolute Gasteiger partial charge is 0.497 e. The first-order chi connectivity index (χ1) is 10.7. The summed E-state index contributed by atoms with van der Waals surface area (Å²) in [5, 5.41) is 4.17. The van der Waals surface area contributed by atoms with Crippen LogP contribution in [0.4, 0.5) is 0 Å². The van der Waals surface area contributed by atoms with E-state index in [1.54, 1.807) is 7.11 Å². The van der Waals surface area contributed by atoms with Gasteiger partial charge in [-0.15, -0.1) is 0 Å². The van der Waals surface area contributed by atoms with E-state index in [9.17, 15) is 4.79 Å². The van der Waals surface area contributed by atoms with Gasteiger partial charge in [0.1, 0.15) is 5.75 Å². The van der Waals surface area contributed by atoms with Crippen LogP contribution in [0.15, 0.2) is 18.2 Å². The van der Waals surface area contributed by atoms with Crippen LogP contribution < -0.4 is 15.8 Å². The molecule has 0 aliphatic heterocycles. The summed E-state index contributed by atoms with van der Waals surface area (Å²) in [7, 11) is 1.67. The third-order valence-corrected chi connectivity index (χ3v) is 4.45. The van der Waals surface area contributed by atoms with Gasteiger partial charge in [0.25, 0.3) is 0 Å². The number of nitrogens with one attached hydrogen (secondary N) is 2. The van der Waals surface area contributed by atoms with Gasteiger partial charge >= 0.3 is 0 Å². The van der Waals surface area contributed by atoms with Crippen LogP contribution in [0.2, 0.25) is 0 Å². The molecule has 0 fully saturated rings. The number of hydrogen-bond acceptors (Lipinski definition) is 3. The van der Waals surface area contributed by atoms with Gasteiger partial charge in [0.2, 0.25) is 5.91 Å². The molecule has 0 saturated heterocycles. The molecule has 0 saturated carbocycles. The van der Waals surface area contributed by atoms with Crippen molar-refractivity contribution in [2.75, 3.05) is 20.2 Å². The summed E-state index contributed by atoms with van der Waals surface area (Å²) in [6, 6.07) is 6.06. The molecular weight excluding hydrogens is 278 g/mol. The fourth-order valence-corrected chi connectivity index (χ4v) is 3.20. The van der Waals surface area contributed by atoms with E-state index < -0.39 is 0 Å². The number of carbonyl (C=O) groups excluding carboxylic acids is 1. The van der Waals surface area contributed by atoms with Gasteiger partial charge < -0.3 is 20.8 Å². The predicted octanol–water partition coefficient (Wildman–Crippen LogP) is 1.75. The second-order valence-electron chi connectivity index (χ2n) is 5.87. The number of benzene rings is 1. The molecule has 0 spiro atoms. The molecule has 1 aliphatic carbocycles. The summed E-state index contributed by atoms with van der Waals surface area (Å²) in [6.07, 6.45) is 3.43. The summed E-state index contributed by atoms with van der Waals surface area (Å²) in [5.74, 6) is 1.05. The Bertz CT molecular complexity index is 678. The van der Waals surface area contributed by atoms with Crippen LogP contribution in [0, 0.1) is 5.92 Å². The Hall–Kier alpha value is -2.01. The fourth-order valence-electron chi connectivity index (χ4n) is 3.20. The molecule has 5 nitrogen and oxygen atoms in total. The molecule has 1 unspecified atom stereocenters. The van der Waals surface area contributed by atoms with Gasteiger partial charge in [0, 0.05) is 29.1 Å². The minimum absolute atomic E-state index is 0.0514. The predicted molar refractivity (Wildman–Crippen MR) is 87.0 cm³/mol. The van der Waals surface area contributed by atoms with Gasteiger partial charge in [0.05, 0.1) is 7.11 Å². The number of methoxy groups -OCH3 is 1. The number of rotatable bonds is 5. The minimum atomic E-state index is 0.0514. The first-order valence-corrected chi connectivity index (χ1v) is 7.88. The summed E-state index contributed by atoms with van der Waals surface area (Å²) >= 11 is 0. The first kappa shape index (κ1) is 14.9. The lowest BCUT2D eigenvalue weighted by atomic mass is 9.86. The molecule has 0 bridgehead atoms. The van der Waals surface area contributed by atoms with Crippen molar-refractivity contribution in [3.05, 3.63) is 29.5 Å². The molecule has 1 aromatic heterocycles. The molecule has 1 heterocycles. The second-order valence-corrected chi connectivity index (χ2v) is 5.87. The topological polar surface area (TPSA) is 80.1 Å².